The van der Waals surface area contributed by atoms with Crippen LogP contribution in [0, 0.1) is 12.7 Å². The normalized spacial score (nSPS) is 10.4. The molecule has 0 saturated heterocycles. The highest BCUT2D eigenvalue weighted by Crippen LogP contribution is 2.28. The summed E-state index contributed by atoms with van der Waals surface area (Å²) in [6.45, 7) is 2.14. The van der Waals surface area contributed by atoms with Gasteiger partial charge in [0.1, 0.15) is 11.6 Å². The molecule has 0 aliphatic rings. The van der Waals surface area contributed by atoms with E-state index in [1.54, 1.807) is 20.1 Å². The average molecular weight is 245 g/mol. The van der Waals surface area contributed by atoms with Gasteiger partial charge in [-0.2, -0.15) is 0 Å². The molecule has 94 valence electrons. The van der Waals surface area contributed by atoms with Gasteiger partial charge in [0.15, 0.2) is 0 Å². The van der Waals surface area contributed by atoms with Crippen LogP contribution in [-0.4, -0.2) is 7.11 Å². The van der Waals surface area contributed by atoms with E-state index in [1.807, 2.05) is 24.3 Å². The summed E-state index contributed by atoms with van der Waals surface area (Å²) < 4.78 is 18.8. The first-order valence-corrected chi connectivity index (χ1v) is 5.79. The van der Waals surface area contributed by atoms with Crippen molar-refractivity contribution in [2.45, 2.75) is 13.5 Å². The van der Waals surface area contributed by atoms with Gasteiger partial charge in [-0.1, -0.05) is 18.2 Å². The zero-order valence-corrected chi connectivity index (χ0v) is 10.5. The van der Waals surface area contributed by atoms with E-state index in [1.165, 1.54) is 6.07 Å². The topological polar surface area (TPSA) is 35.2 Å². The van der Waals surface area contributed by atoms with Gasteiger partial charge in [0.25, 0.3) is 0 Å². The predicted octanol–water partition coefficient (Wildman–Crippen LogP) is 3.27. The van der Waals surface area contributed by atoms with Crippen molar-refractivity contribution in [3.05, 3.63) is 53.3 Å². The monoisotopic (exact) mass is 245 g/mol. The quantitative estimate of drug-likeness (QED) is 0.900. The Morgan fingerprint density at radius 1 is 1.17 bits per heavy atom. The second-order valence-corrected chi connectivity index (χ2v) is 4.19. The highest BCUT2D eigenvalue weighted by atomic mass is 19.1. The van der Waals surface area contributed by atoms with Crippen molar-refractivity contribution in [2.75, 3.05) is 7.11 Å². The minimum absolute atomic E-state index is 0.203. The van der Waals surface area contributed by atoms with Crippen LogP contribution < -0.4 is 10.5 Å². The number of halogens is 1. The fourth-order valence-electron chi connectivity index (χ4n) is 1.91. The van der Waals surface area contributed by atoms with E-state index in [2.05, 4.69) is 0 Å². The van der Waals surface area contributed by atoms with Crippen LogP contribution in [0.4, 0.5) is 4.39 Å². The van der Waals surface area contributed by atoms with E-state index in [-0.39, 0.29) is 5.82 Å². The third-order valence-electron chi connectivity index (χ3n) is 3.02. The van der Waals surface area contributed by atoms with Gasteiger partial charge >= 0.3 is 0 Å². The molecule has 3 heteroatoms. The molecule has 0 unspecified atom stereocenters. The van der Waals surface area contributed by atoms with Gasteiger partial charge in [0.05, 0.1) is 7.11 Å². The van der Waals surface area contributed by atoms with E-state index in [9.17, 15) is 4.39 Å². The maximum absolute atomic E-state index is 13.6. The van der Waals surface area contributed by atoms with Crippen LogP contribution in [0.1, 0.15) is 11.1 Å². The van der Waals surface area contributed by atoms with Gasteiger partial charge in [0.2, 0.25) is 0 Å². The SMILES string of the molecule is COc1ccc(-c2ccc(C)c(F)c2)c(CN)c1. The molecular formula is C15H16FNO. The lowest BCUT2D eigenvalue weighted by Gasteiger charge is -2.11. The van der Waals surface area contributed by atoms with Gasteiger partial charge in [-0.25, -0.2) is 4.39 Å². The highest BCUT2D eigenvalue weighted by molar-refractivity contribution is 5.68. The van der Waals surface area contributed by atoms with Crippen LogP contribution in [0.5, 0.6) is 5.75 Å². The number of ether oxygens (including phenoxy) is 1. The van der Waals surface area contributed by atoms with Crippen molar-refractivity contribution in [2.24, 2.45) is 5.73 Å². The van der Waals surface area contributed by atoms with Crippen LogP contribution in [0.25, 0.3) is 11.1 Å². The van der Waals surface area contributed by atoms with Crippen LogP contribution in [0.3, 0.4) is 0 Å². The maximum Gasteiger partial charge on any atom is 0.126 e. The second kappa shape index (κ2) is 5.19. The number of benzene rings is 2. The highest BCUT2D eigenvalue weighted by Gasteiger charge is 2.07. The number of hydrogen-bond acceptors (Lipinski definition) is 2. The molecule has 18 heavy (non-hydrogen) atoms. The Balaban J connectivity index is 2.52. The van der Waals surface area contributed by atoms with Crippen molar-refractivity contribution >= 4 is 0 Å². The molecule has 2 N–H and O–H groups in total. The van der Waals surface area contributed by atoms with Crippen molar-refractivity contribution < 1.29 is 9.13 Å². The smallest absolute Gasteiger partial charge is 0.126 e. The first kappa shape index (κ1) is 12.6. The lowest BCUT2D eigenvalue weighted by atomic mass is 9.98. The van der Waals surface area contributed by atoms with E-state index in [4.69, 9.17) is 10.5 Å². The molecule has 0 aromatic heterocycles. The van der Waals surface area contributed by atoms with Crippen molar-refractivity contribution in [3.8, 4) is 16.9 Å². The minimum atomic E-state index is -0.203. The molecule has 2 nitrogen and oxygen atoms in total. The summed E-state index contributed by atoms with van der Waals surface area (Å²) in [4.78, 5) is 0. The molecule has 0 spiro atoms. The van der Waals surface area contributed by atoms with E-state index < -0.39 is 0 Å². The maximum atomic E-state index is 13.6. The molecule has 2 aromatic carbocycles. The third-order valence-corrected chi connectivity index (χ3v) is 3.02. The number of aryl methyl sites for hydroxylation is 1. The number of nitrogens with two attached hydrogens (primary N) is 1. The van der Waals surface area contributed by atoms with Gasteiger partial charge in [0, 0.05) is 6.54 Å². The molecule has 0 aliphatic heterocycles. The standard InChI is InChI=1S/C15H16FNO/c1-10-3-4-11(8-15(10)16)14-6-5-13(18-2)7-12(14)9-17/h3-8H,9,17H2,1-2H3. The zero-order chi connectivity index (χ0) is 13.1. The number of methoxy groups -OCH3 is 1. The van der Waals surface area contributed by atoms with Crippen LogP contribution in [0.2, 0.25) is 0 Å². The van der Waals surface area contributed by atoms with Crippen LogP contribution in [0.15, 0.2) is 36.4 Å². The van der Waals surface area contributed by atoms with Crippen molar-refractivity contribution in [3.63, 3.8) is 0 Å². The first-order chi connectivity index (χ1) is 8.65. The lowest BCUT2D eigenvalue weighted by molar-refractivity contribution is 0.414. The van der Waals surface area contributed by atoms with Gasteiger partial charge in [-0.05, 0) is 47.4 Å². The third kappa shape index (κ3) is 2.36. The van der Waals surface area contributed by atoms with E-state index >= 15 is 0 Å². The predicted molar refractivity (Wildman–Crippen MR) is 71.0 cm³/mol. The zero-order valence-electron chi connectivity index (χ0n) is 10.5. The van der Waals surface area contributed by atoms with Gasteiger partial charge < -0.3 is 10.5 Å². The Morgan fingerprint density at radius 2 is 1.94 bits per heavy atom. The number of rotatable bonds is 3. The minimum Gasteiger partial charge on any atom is -0.497 e. The van der Waals surface area contributed by atoms with Gasteiger partial charge in [-0.15, -0.1) is 0 Å². The molecule has 2 aromatic rings. The average Bonchev–Trinajstić information content (AvgIpc) is 2.41. The summed E-state index contributed by atoms with van der Waals surface area (Å²) >= 11 is 0. The van der Waals surface area contributed by atoms with Crippen LogP contribution in [-0.2, 0) is 6.54 Å². The Kier molecular flexibility index (Phi) is 3.63. The summed E-state index contributed by atoms with van der Waals surface area (Å²) in [6.07, 6.45) is 0. The summed E-state index contributed by atoms with van der Waals surface area (Å²) in [5.74, 6) is 0.554. The Hall–Kier alpha value is -1.87. The van der Waals surface area contributed by atoms with Gasteiger partial charge in [-0.3, -0.25) is 0 Å². The second-order valence-electron chi connectivity index (χ2n) is 4.19. The Morgan fingerprint density at radius 3 is 2.56 bits per heavy atom. The van der Waals surface area contributed by atoms with Crippen molar-refractivity contribution in [1.29, 1.82) is 0 Å². The van der Waals surface area contributed by atoms with E-state index in [0.29, 0.717) is 12.1 Å². The molecule has 0 aliphatic carbocycles. The summed E-state index contributed by atoms with van der Waals surface area (Å²) in [5.41, 5.74) is 9.09. The Labute approximate surface area is 106 Å². The lowest BCUT2D eigenvalue weighted by Crippen LogP contribution is -2.00. The molecule has 0 saturated carbocycles. The molecule has 0 atom stereocenters. The van der Waals surface area contributed by atoms with Crippen LogP contribution >= 0.6 is 0 Å². The first-order valence-electron chi connectivity index (χ1n) is 5.79. The van der Waals surface area contributed by atoms with E-state index in [0.717, 1.165) is 22.4 Å². The summed E-state index contributed by atoms with van der Waals surface area (Å²) in [7, 11) is 1.61. The molecular weight excluding hydrogens is 229 g/mol. The number of hydrogen-bond donors (Lipinski definition) is 1. The molecule has 2 rings (SSSR count). The fraction of sp³-hybridized carbons (Fsp3) is 0.200. The largest absolute Gasteiger partial charge is 0.497 e. The Bertz CT molecular complexity index is 566. The van der Waals surface area contributed by atoms with Crippen molar-refractivity contribution in [1.82, 2.24) is 0 Å². The fourth-order valence-corrected chi connectivity index (χ4v) is 1.91. The molecule has 0 radical (unpaired) electrons. The molecule has 0 heterocycles. The molecule has 0 amide bonds. The summed E-state index contributed by atoms with van der Waals surface area (Å²) in [5, 5.41) is 0. The summed E-state index contributed by atoms with van der Waals surface area (Å²) in [6, 6.07) is 10.9. The molecule has 0 bridgehead atoms. The molecule has 0 fully saturated rings.